The van der Waals surface area contributed by atoms with Crippen molar-refractivity contribution in [2.24, 2.45) is 11.3 Å². The van der Waals surface area contributed by atoms with Gasteiger partial charge in [0.1, 0.15) is 0 Å². The number of hydrogen-bond acceptors (Lipinski definition) is 2. The quantitative estimate of drug-likeness (QED) is 0.931. The van der Waals surface area contributed by atoms with Gasteiger partial charge in [0.05, 0.1) is 12.2 Å². The van der Waals surface area contributed by atoms with Crippen molar-refractivity contribution in [1.82, 2.24) is 4.90 Å². The van der Waals surface area contributed by atoms with Gasteiger partial charge in [-0.3, -0.25) is 9.18 Å². The number of amides is 1. The van der Waals surface area contributed by atoms with Crippen molar-refractivity contribution < 1.29 is 19.1 Å². The predicted molar refractivity (Wildman–Crippen MR) is 75.2 cm³/mol. The minimum absolute atomic E-state index is 0.142. The lowest BCUT2D eigenvalue weighted by atomic mass is 9.63. The van der Waals surface area contributed by atoms with Crippen LogP contribution in [0.1, 0.15) is 39.1 Å². The number of fused-ring (bicyclic) bond motifs is 1. The summed E-state index contributed by atoms with van der Waals surface area (Å²) >= 11 is 0. The molecule has 2 aliphatic rings. The number of carbonyl (C=O) groups is 2. The number of carboxylic acid groups (broad SMARTS) is 1. The SMILES string of the molecule is Cc1ccc(C(=O)N2C[C@@H]3CC[C@]3(CF)C2)cc1C(=O)O. The summed E-state index contributed by atoms with van der Waals surface area (Å²) < 4.78 is 13.2. The highest BCUT2D eigenvalue weighted by atomic mass is 19.1. The van der Waals surface area contributed by atoms with E-state index in [0.717, 1.165) is 12.8 Å². The smallest absolute Gasteiger partial charge is 0.335 e. The number of carbonyl (C=O) groups excluding carboxylic acids is 1. The van der Waals surface area contributed by atoms with Crippen LogP contribution in [0.25, 0.3) is 0 Å². The topological polar surface area (TPSA) is 57.6 Å². The molecule has 0 bridgehead atoms. The molecule has 1 aliphatic carbocycles. The molecule has 1 aromatic rings. The van der Waals surface area contributed by atoms with E-state index in [2.05, 4.69) is 0 Å². The molecule has 1 heterocycles. The van der Waals surface area contributed by atoms with Crippen LogP contribution in [0.4, 0.5) is 4.39 Å². The Morgan fingerprint density at radius 1 is 1.48 bits per heavy atom. The molecule has 2 fully saturated rings. The third-order valence-corrected chi connectivity index (χ3v) is 5.07. The molecule has 3 rings (SSSR count). The molecule has 1 amide bonds. The summed E-state index contributed by atoms with van der Waals surface area (Å²) in [6, 6.07) is 4.71. The lowest BCUT2D eigenvalue weighted by Gasteiger charge is -2.41. The van der Waals surface area contributed by atoms with Gasteiger partial charge in [0.25, 0.3) is 5.91 Å². The van der Waals surface area contributed by atoms with E-state index in [1.54, 1.807) is 24.0 Å². The van der Waals surface area contributed by atoms with E-state index in [1.807, 2.05) is 0 Å². The van der Waals surface area contributed by atoms with Crippen LogP contribution in [-0.4, -0.2) is 41.6 Å². The fraction of sp³-hybridized carbons (Fsp3) is 0.500. The molecular weight excluding hydrogens is 273 g/mol. The molecule has 0 unspecified atom stereocenters. The van der Waals surface area contributed by atoms with Crippen LogP contribution in [0, 0.1) is 18.3 Å². The first kappa shape index (κ1) is 14.0. The third-order valence-electron chi connectivity index (χ3n) is 5.07. The van der Waals surface area contributed by atoms with Crippen molar-refractivity contribution in [3.05, 3.63) is 34.9 Å². The lowest BCUT2D eigenvalue weighted by Crippen LogP contribution is -2.41. The van der Waals surface area contributed by atoms with Crippen LogP contribution >= 0.6 is 0 Å². The number of aromatic carboxylic acids is 1. The van der Waals surface area contributed by atoms with E-state index >= 15 is 0 Å². The maximum absolute atomic E-state index is 13.2. The number of hydrogen-bond donors (Lipinski definition) is 1. The van der Waals surface area contributed by atoms with Gasteiger partial charge < -0.3 is 10.0 Å². The first-order valence-electron chi connectivity index (χ1n) is 7.16. The summed E-state index contributed by atoms with van der Waals surface area (Å²) in [6.45, 7) is 2.35. The van der Waals surface area contributed by atoms with E-state index in [0.29, 0.717) is 24.2 Å². The standard InChI is InChI=1S/C16H18FNO3/c1-10-2-3-11(6-13(10)15(20)21)14(19)18-7-12-4-5-16(12,8-17)9-18/h2-3,6,12H,4-5,7-9H2,1H3,(H,20,21)/t12-,16-/m0/s1. The number of alkyl halides is 1. The Balaban J connectivity index is 1.83. The number of halogens is 1. The highest BCUT2D eigenvalue weighted by molar-refractivity contribution is 5.98. The van der Waals surface area contributed by atoms with Crippen LogP contribution in [0.15, 0.2) is 18.2 Å². The largest absolute Gasteiger partial charge is 0.478 e. The monoisotopic (exact) mass is 291 g/mol. The molecule has 112 valence electrons. The summed E-state index contributed by atoms with van der Waals surface area (Å²) in [6.07, 6.45) is 1.81. The number of carboxylic acids is 1. The minimum atomic E-state index is -1.04. The second-order valence-corrected chi connectivity index (χ2v) is 6.25. The van der Waals surface area contributed by atoms with Crippen LogP contribution < -0.4 is 0 Å². The number of likely N-dealkylation sites (tertiary alicyclic amines) is 1. The van der Waals surface area contributed by atoms with Crippen LogP contribution in [0.3, 0.4) is 0 Å². The van der Waals surface area contributed by atoms with Gasteiger partial charge in [0, 0.05) is 24.1 Å². The summed E-state index contributed by atoms with van der Waals surface area (Å²) in [5.41, 5.74) is 0.799. The molecule has 0 spiro atoms. The second-order valence-electron chi connectivity index (χ2n) is 6.25. The van der Waals surface area contributed by atoms with Gasteiger partial charge in [-0.2, -0.15) is 0 Å². The maximum Gasteiger partial charge on any atom is 0.335 e. The van der Waals surface area contributed by atoms with Crippen molar-refractivity contribution in [3.8, 4) is 0 Å². The molecule has 1 N–H and O–H groups in total. The van der Waals surface area contributed by atoms with E-state index < -0.39 is 5.97 Å². The Kier molecular flexibility index (Phi) is 3.23. The van der Waals surface area contributed by atoms with E-state index in [1.165, 1.54) is 6.07 Å². The Hall–Kier alpha value is -1.91. The first-order valence-corrected chi connectivity index (χ1v) is 7.16. The number of rotatable bonds is 3. The van der Waals surface area contributed by atoms with Gasteiger partial charge in [-0.15, -0.1) is 0 Å². The summed E-state index contributed by atoms with van der Waals surface area (Å²) in [5.74, 6) is -0.973. The summed E-state index contributed by atoms with van der Waals surface area (Å²) in [4.78, 5) is 25.3. The normalized spacial score (nSPS) is 27.1. The molecule has 5 heteroatoms. The molecule has 0 radical (unpaired) electrons. The maximum atomic E-state index is 13.2. The van der Waals surface area contributed by atoms with Crippen molar-refractivity contribution in [3.63, 3.8) is 0 Å². The highest BCUT2D eigenvalue weighted by Gasteiger charge is 2.54. The van der Waals surface area contributed by atoms with Crippen molar-refractivity contribution >= 4 is 11.9 Å². The van der Waals surface area contributed by atoms with Crippen LogP contribution in [0.2, 0.25) is 0 Å². The van der Waals surface area contributed by atoms with E-state index in [4.69, 9.17) is 5.11 Å². The molecule has 21 heavy (non-hydrogen) atoms. The van der Waals surface area contributed by atoms with Crippen molar-refractivity contribution in [2.45, 2.75) is 19.8 Å². The first-order chi connectivity index (χ1) is 9.97. The zero-order chi connectivity index (χ0) is 15.2. The zero-order valence-electron chi connectivity index (χ0n) is 11.9. The van der Waals surface area contributed by atoms with Crippen molar-refractivity contribution in [1.29, 1.82) is 0 Å². The second kappa shape index (κ2) is 4.83. The fourth-order valence-electron chi connectivity index (χ4n) is 3.50. The van der Waals surface area contributed by atoms with Gasteiger partial charge in [-0.1, -0.05) is 6.07 Å². The lowest BCUT2D eigenvalue weighted by molar-refractivity contribution is 0.0498. The molecule has 1 aliphatic heterocycles. The summed E-state index contributed by atoms with van der Waals surface area (Å²) in [5, 5.41) is 9.14. The van der Waals surface area contributed by atoms with Gasteiger partial charge >= 0.3 is 5.97 Å². The molecule has 2 atom stereocenters. The molecule has 1 saturated heterocycles. The average molecular weight is 291 g/mol. The van der Waals surface area contributed by atoms with Gasteiger partial charge in [-0.05, 0) is 43.4 Å². The number of nitrogens with zero attached hydrogens (tertiary/aromatic N) is 1. The van der Waals surface area contributed by atoms with E-state index in [9.17, 15) is 14.0 Å². The number of aryl methyl sites for hydroxylation is 1. The molecular formula is C16H18FNO3. The Morgan fingerprint density at radius 3 is 2.76 bits per heavy atom. The predicted octanol–water partition coefficient (Wildman–Crippen LogP) is 2.51. The average Bonchev–Trinajstić information content (AvgIpc) is 2.70. The molecule has 4 nitrogen and oxygen atoms in total. The number of benzene rings is 1. The van der Waals surface area contributed by atoms with Gasteiger partial charge in [0.2, 0.25) is 0 Å². The van der Waals surface area contributed by atoms with Gasteiger partial charge in [-0.25, -0.2) is 4.79 Å². The van der Waals surface area contributed by atoms with Gasteiger partial charge in [0.15, 0.2) is 0 Å². The van der Waals surface area contributed by atoms with E-state index in [-0.39, 0.29) is 29.5 Å². The third kappa shape index (κ3) is 2.11. The highest BCUT2D eigenvalue weighted by Crippen LogP contribution is 2.52. The van der Waals surface area contributed by atoms with Crippen molar-refractivity contribution in [2.75, 3.05) is 19.8 Å². The molecule has 1 aromatic carbocycles. The fourth-order valence-corrected chi connectivity index (χ4v) is 3.50. The van der Waals surface area contributed by atoms with Crippen LogP contribution in [0.5, 0.6) is 0 Å². The molecule has 0 aromatic heterocycles. The Bertz CT molecular complexity index is 612. The zero-order valence-corrected chi connectivity index (χ0v) is 11.9. The minimum Gasteiger partial charge on any atom is -0.478 e. The Labute approximate surface area is 122 Å². The Morgan fingerprint density at radius 2 is 2.24 bits per heavy atom. The summed E-state index contributed by atoms with van der Waals surface area (Å²) in [7, 11) is 0. The molecule has 1 saturated carbocycles. The van der Waals surface area contributed by atoms with Crippen LogP contribution in [-0.2, 0) is 0 Å².